The zero-order valence-corrected chi connectivity index (χ0v) is 15.9. The second-order valence-corrected chi connectivity index (χ2v) is 7.35. The Morgan fingerprint density at radius 2 is 1.93 bits per heavy atom. The molecule has 1 unspecified atom stereocenters. The van der Waals surface area contributed by atoms with E-state index in [1.165, 1.54) is 0 Å². The van der Waals surface area contributed by atoms with Gasteiger partial charge in [-0.05, 0) is 24.1 Å². The third-order valence-electron chi connectivity index (χ3n) is 5.55. The van der Waals surface area contributed by atoms with E-state index < -0.39 is 5.66 Å². The lowest BCUT2D eigenvalue weighted by atomic mass is 9.89. The zero-order chi connectivity index (χ0) is 18.7. The van der Waals surface area contributed by atoms with Crippen molar-refractivity contribution >= 4 is 11.5 Å². The van der Waals surface area contributed by atoms with Crippen LogP contribution in [0.15, 0.2) is 35.2 Å². The molecule has 2 fully saturated rings. The fourth-order valence-corrected chi connectivity index (χ4v) is 3.93. The van der Waals surface area contributed by atoms with Crippen LogP contribution in [-0.2, 0) is 14.2 Å². The summed E-state index contributed by atoms with van der Waals surface area (Å²) in [5.41, 5.74) is 9.37. The Kier molecular flexibility index (Phi) is 5.54. The van der Waals surface area contributed by atoms with Gasteiger partial charge in [0.1, 0.15) is 6.10 Å². The molecule has 0 radical (unpaired) electrons. The second-order valence-electron chi connectivity index (χ2n) is 7.35. The molecule has 0 aliphatic carbocycles. The van der Waals surface area contributed by atoms with Gasteiger partial charge in [0.05, 0.1) is 26.4 Å². The minimum atomic E-state index is -0.771. The average molecular weight is 372 g/mol. The molecule has 0 amide bonds. The van der Waals surface area contributed by atoms with Gasteiger partial charge < -0.3 is 19.9 Å². The number of morpholine rings is 1. The highest BCUT2D eigenvalue weighted by Crippen LogP contribution is 2.36. The predicted octanol–water partition coefficient (Wildman–Crippen LogP) is 1.80. The summed E-state index contributed by atoms with van der Waals surface area (Å²) in [4.78, 5) is 11.4. The molecular weight excluding hydrogens is 344 g/mol. The van der Waals surface area contributed by atoms with Gasteiger partial charge in [-0.15, -0.1) is 0 Å². The first kappa shape index (κ1) is 18.6. The number of ether oxygens (including phenoxy) is 3. The zero-order valence-electron chi connectivity index (χ0n) is 15.9. The molecule has 3 aliphatic heterocycles. The maximum Gasteiger partial charge on any atom is 0.225 e. The fraction of sp³-hybridized carbons (Fsp3) is 0.600. The molecule has 1 atom stereocenters. The third kappa shape index (κ3) is 3.91. The quantitative estimate of drug-likeness (QED) is 0.871. The summed E-state index contributed by atoms with van der Waals surface area (Å²) in [5, 5.41) is 0. The fourth-order valence-electron chi connectivity index (χ4n) is 3.93. The Morgan fingerprint density at radius 1 is 1.19 bits per heavy atom. The van der Waals surface area contributed by atoms with Crippen LogP contribution in [0.3, 0.4) is 0 Å². The molecule has 0 bridgehead atoms. The summed E-state index contributed by atoms with van der Waals surface area (Å²) in [6.07, 6.45) is 6.15. The summed E-state index contributed by atoms with van der Waals surface area (Å²) >= 11 is 0. The normalized spacial score (nSPS) is 28.1. The predicted molar refractivity (Wildman–Crippen MR) is 103 cm³/mol. The number of hydrogen-bond donors (Lipinski definition) is 1. The molecule has 7 nitrogen and oxygen atoms in total. The number of pyridine rings is 1. The Labute approximate surface area is 160 Å². The van der Waals surface area contributed by atoms with E-state index in [4.69, 9.17) is 24.9 Å². The summed E-state index contributed by atoms with van der Waals surface area (Å²) in [6, 6.07) is 4.01. The number of aliphatic imine (C=N–C) groups is 1. The number of allylic oxidation sites excluding steroid dienone is 1. The van der Waals surface area contributed by atoms with E-state index >= 15 is 0 Å². The van der Waals surface area contributed by atoms with Gasteiger partial charge in [-0.3, -0.25) is 9.88 Å². The van der Waals surface area contributed by atoms with Gasteiger partial charge >= 0.3 is 0 Å². The molecule has 0 saturated carbocycles. The molecule has 2 N–H and O–H groups in total. The van der Waals surface area contributed by atoms with Crippen molar-refractivity contribution in [3.8, 4) is 0 Å². The van der Waals surface area contributed by atoms with Crippen LogP contribution in [0.1, 0.15) is 31.7 Å². The van der Waals surface area contributed by atoms with Gasteiger partial charge in [0.15, 0.2) is 5.66 Å². The monoisotopic (exact) mass is 372 g/mol. The number of rotatable bonds is 3. The van der Waals surface area contributed by atoms with Crippen LogP contribution in [0.25, 0.3) is 5.57 Å². The largest absolute Gasteiger partial charge is 0.475 e. The topological polar surface area (TPSA) is 82.2 Å². The van der Waals surface area contributed by atoms with E-state index in [1.807, 2.05) is 19.2 Å². The summed E-state index contributed by atoms with van der Waals surface area (Å²) in [6.45, 7) is 6.36. The molecule has 0 spiro atoms. The highest BCUT2D eigenvalue weighted by molar-refractivity contribution is 5.92. The van der Waals surface area contributed by atoms with Crippen molar-refractivity contribution in [1.29, 1.82) is 0 Å². The minimum Gasteiger partial charge on any atom is -0.475 e. The van der Waals surface area contributed by atoms with Crippen LogP contribution >= 0.6 is 0 Å². The number of nitrogens with zero attached hydrogens (tertiary/aromatic N) is 3. The van der Waals surface area contributed by atoms with Crippen molar-refractivity contribution in [1.82, 2.24) is 9.88 Å². The van der Waals surface area contributed by atoms with Crippen LogP contribution in [0.2, 0.25) is 0 Å². The summed E-state index contributed by atoms with van der Waals surface area (Å²) in [5.74, 6) is 0.626. The average Bonchev–Trinajstić information content (AvgIpc) is 2.73. The Hall–Kier alpha value is -1.80. The number of nitrogens with two attached hydrogens (primary N) is 1. The lowest BCUT2D eigenvalue weighted by molar-refractivity contribution is -0.0188. The van der Waals surface area contributed by atoms with Gasteiger partial charge in [-0.25, -0.2) is 4.99 Å². The summed E-state index contributed by atoms with van der Waals surface area (Å²) in [7, 11) is 0. The lowest BCUT2D eigenvalue weighted by Gasteiger charge is -2.45. The van der Waals surface area contributed by atoms with E-state index in [2.05, 4.69) is 16.0 Å². The first-order valence-electron chi connectivity index (χ1n) is 9.72. The standard InChI is InChI=1S/C20H28N4O3/c1-15-18(16-3-2-6-22-14-16)13-20(21,24-7-11-26-12-8-24)19(23-15)27-17-4-9-25-10-5-17/h2-3,6,14,17H,4-5,7-13,21H2,1H3. The number of aromatic nitrogens is 1. The van der Waals surface area contributed by atoms with Crippen LogP contribution in [0, 0.1) is 0 Å². The highest BCUT2D eigenvalue weighted by Gasteiger charge is 2.45. The van der Waals surface area contributed by atoms with Gasteiger partial charge in [0.2, 0.25) is 5.90 Å². The van der Waals surface area contributed by atoms with Gasteiger partial charge in [-0.1, -0.05) is 6.07 Å². The highest BCUT2D eigenvalue weighted by atomic mass is 16.5. The Balaban J connectivity index is 1.67. The molecule has 0 aromatic carbocycles. The molecule has 146 valence electrons. The molecule has 7 heteroatoms. The molecule has 4 heterocycles. The van der Waals surface area contributed by atoms with Gasteiger partial charge in [-0.2, -0.15) is 0 Å². The molecular formula is C20H28N4O3. The van der Waals surface area contributed by atoms with Crippen LogP contribution in [0.4, 0.5) is 0 Å². The Bertz CT molecular complexity index is 709. The smallest absolute Gasteiger partial charge is 0.225 e. The van der Waals surface area contributed by atoms with E-state index in [9.17, 15) is 0 Å². The van der Waals surface area contributed by atoms with Crippen LogP contribution in [0.5, 0.6) is 0 Å². The maximum absolute atomic E-state index is 7.01. The first-order chi connectivity index (χ1) is 13.2. The van der Waals surface area contributed by atoms with Crippen molar-refractivity contribution in [3.63, 3.8) is 0 Å². The lowest BCUT2D eigenvalue weighted by Crippen LogP contribution is -2.66. The molecule has 1 aromatic rings. The SMILES string of the molecule is CC1=C(c2cccnc2)CC(N)(N2CCOCC2)C(OC2CCOCC2)=N1. The van der Waals surface area contributed by atoms with E-state index in [0.29, 0.717) is 25.5 Å². The van der Waals surface area contributed by atoms with Crippen molar-refractivity contribution in [2.45, 2.75) is 38.0 Å². The van der Waals surface area contributed by atoms with Crippen LogP contribution in [-0.4, -0.2) is 67.1 Å². The molecule has 4 rings (SSSR count). The second kappa shape index (κ2) is 8.06. The van der Waals surface area contributed by atoms with E-state index in [0.717, 1.165) is 56.0 Å². The molecule has 1 aromatic heterocycles. The van der Waals surface area contributed by atoms with Crippen molar-refractivity contribution in [2.75, 3.05) is 39.5 Å². The van der Waals surface area contributed by atoms with Crippen molar-refractivity contribution in [2.24, 2.45) is 10.7 Å². The number of hydrogen-bond acceptors (Lipinski definition) is 7. The van der Waals surface area contributed by atoms with Gasteiger partial charge in [0, 0.05) is 50.4 Å². The van der Waals surface area contributed by atoms with E-state index in [1.54, 1.807) is 6.20 Å². The minimum absolute atomic E-state index is 0.106. The van der Waals surface area contributed by atoms with Crippen molar-refractivity contribution in [3.05, 3.63) is 35.8 Å². The molecule has 27 heavy (non-hydrogen) atoms. The third-order valence-corrected chi connectivity index (χ3v) is 5.55. The van der Waals surface area contributed by atoms with Gasteiger partial charge in [0.25, 0.3) is 0 Å². The maximum atomic E-state index is 7.01. The summed E-state index contributed by atoms with van der Waals surface area (Å²) < 4.78 is 17.4. The van der Waals surface area contributed by atoms with E-state index in [-0.39, 0.29) is 6.10 Å². The van der Waals surface area contributed by atoms with Crippen LogP contribution < -0.4 is 5.73 Å². The molecule has 3 aliphatic rings. The van der Waals surface area contributed by atoms with Crippen molar-refractivity contribution < 1.29 is 14.2 Å². The molecule has 2 saturated heterocycles. The Morgan fingerprint density at radius 3 is 2.63 bits per heavy atom. The first-order valence-corrected chi connectivity index (χ1v) is 9.72.